The molecule has 1 aromatic heterocycles. The monoisotopic (exact) mass is 274 g/mol. The fraction of sp³-hybridized carbons (Fsp3) is 0. The molecular weight excluding hydrogens is 260 g/mol. The lowest BCUT2D eigenvalue weighted by Crippen LogP contribution is -1.98. The highest BCUT2D eigenvalue weighted by Gasteiger charge is 2.12. The molecule has 3 nitrogen and oxygen atoms in total. The summed E-state index contributed by atoms with van der Waals surface area (Å²) >= 11 is 0. The second kappa shape index (κ2) is 5.59. The maximum Gasteiger partial charge on any atom is 0.153 e. The predicted octanol–water partition coefficient (Wildman–Crippen LogP) is 3.88. The molecule has 0 spiro atoms. The van der Waals surface area contributed by atoms with E-state index in [9.17, 15) is 4.79 Å². The van der Waals surface area contributed by atoms with Crippen LogP contribution in [-0.2, 0) is 0 Å². The zero-order chi connectivity index (χ0) is 14.7. The molecule has 102 valence electrons. The molecule has 3 rings (SSSR count). The highest BCUT2D eigenvalue weighted by atomic mass is 16.1. The summed E-state index contributed by atoms with van der Waals surface area (Å²) in [5.41, 5.74) is 3.85. The Labute approximate surface area is 123 Å². The van der Waals surface area contributed by atoms with Crippen LogP contribution in [0.15, 0.2) is 73.4 Å². The largest absolute Gasteiger partial charge is 0.298 e. The van der Waals surface area contributed by atoms with Crippen molar-refractivity contribution in [3.05, 3.63) is 84.6 Å². The Bertz CT molecular complexity index is 773. The van der Waals surface area contributed by atoms with Gasteiger partial charge in [0.15, 0.2) is 6.29 Å². The van der Waals surface area contributed by atoms with Gasteiger partial charge in [-0.15, -0.1) is 0 Å². The first kappa shape index (κ1) is 13.1. The summed E-state index contributed by atoms with van der Waals surface area (Å²) in [5, 5.41) is 4.51. The molecule has 0 atom stereocenters. The molecule has 1 heterocycles. The van der Waals surface area contributed by atoms with Gasteiger partial charge in [-0.2, -0.15) is 5.10 Å². The third-order valence-corrected chi connectivity index (χ3v) is 3.30. The van der Waals surface area contributed by atoms with E-state index < -0.39 is 0 Å². The Morgan fingerprint density at radius 2 is 1.62 bits per heavy atom. The zero-order valence-electron chi connectivity index (χ0n) is 11.4. The molecule has 3 aromatic rings. The predicted molar refractivity (Wildman–Crippen MR) is 83.9 cm³/mol. The molecule has 0 amide bonds. The quantitative estimate of drug-likeness (QED) is 0.677. The molecule has 21 heavy (non-hydrogen) atoms. The molecular formula is C18H14N2O. The minimum absolute atomic E-state index is 0.554. The Kier molecular flexibility index (Phi) is 3.48. The molecule has 0 unspecified atom stereocenters. The van der Waals surface area contributed by atoms with Crippen molar-refractivity contribution in [1.29, 1.82) is 0 Å². The summed E-state index contributed by atoms with van der Waals surface area (Å²) in [6.07, 6.45) is 2.54. The van der Waals surface area contributed by atoms with Crippen molar-refractivity contribution in [2.24, 2.45) is 0 Å². The standard InChI is InChI=1S/C18H14N2O/c1-14(15-8-4-2-5-9-15)20-12-17(13-21)18(19-20)16-10-6-3-7-11-16/h2-13H,1H2. The Hall–Kier alpha value is -2.94. The van der Waals surface area contributed by atoms with E-state index in [0.717, 1.165) is 23.1 Å². The summed E-state index contributed by atoms with van der Waals surface area (Å²) in [7, 11) is 0. The van der Waals surface area contributed by atoms with Crippen LogP contribution in [0.4, 0.5) is 0 Å². The molecule has 0 bridgehead atoms. The number of nitrogens with zero attached hydrogens (tertiary/aromatic N) is 2. The van der Waals surface area contributed by atoms with Gasteiger partial charge in [0.05, 0.1) is 11.3 Å². The van der Waals surface area contributed by atoms with E-state index in [-0.39, 0.29) is 0 Å². The van der Waals surface area contributed by atoms with E-state index in [1.165, 1.54) is 0 Å². The summed E-state index contributed by atoms with van der Waals surface area (Å²) < 4.78 is 1.65. The third kappa shape index (κ3) is 2.54. The third-order valence-electron chi connectivity index (χ3n) is 3.30. The van der Waals surface area contributed by atoms with Gasteiger partial charge in [0, 0.05) is 11.8 Å². The summed E-state index contributed by atoms with van der Waals surface area (Å²) in [5.74, 6) is 0. The number of hydrogen-bond donors (Lipinski definition) is 0. The molecule has 0 saturated carbocycles. The highest BCUT2D eigenvalue weighted by Crippen LogP contribution is 2.23. The SMILES string of the molecule is C=C(c1ccccc1)n1cc(C=O)c(-c2ccccc2)n1. The minimum Gasteiger partial charge on any atom is -0.298 e. The Morgan fingerprint density at radius 1 is 1.00 bits per heavy atom. The van der Waals surface area contributed by atoms with Crippen molar-refractivity contribution >= 4 is 12.0 Å². The van der Waals surface area contributed by atoms with Crippen molar-refractivity contribution < 1.29 is 4.79 Å². The highest BCUT2D eigenvalue weighted by molar-refractivity contribution is 5.86. The Morgan fingerprint density at radius 3 is 2.24 bits per heavy atom. The molecule has 3 heteroatoms. The van der Waals surface area contributed by atoms with Crippen LogP contribution < -0.4 is 0 Å². The number of carbonyl (C=O) groups excluding carboxylic acids is 1. The number of carbonyl (C=O) groups is 1. The normalized spacial score (nSPS) is 10.3. The summed E-state index contributed by atoms with van der Waals surface area (Å²) in [6, 6.07) is 19.4. The van der Waals surface area contributed by atoms with Gasteiger partial charge in [-0.3, -0.25) is 4.79 Å². The van der Waals surface area contributed by atoms with E-state index in [2.05, 4.69) is 11.7 Å². The fourth-order valence-electron chi connectivity index (χ4n) is 2.19. The van der Waals surface area contributed by atoms with E-state index in [4.69, 9.17) is 0 Å². The first-order valence-electron chi connectivity index (χ1n) is 6.64. The van der Waals surface area contributed by atoms with Crippen LogP contribution in [0.5, 0.6) is 0 Å². The van der Waals surface area contributed by atoms with Crippen molar-refractivity contribution in [2.75, 3.05) is 0 Å². The number of benzene rings is 2. The number of rotatable bonds is 4. The molecule has 2 aromatic carbocycles. The van der Waals surface area contributed by atoms with Crippen LogP contribution >= 0.6 is 0 Å². The number of aldehydes is 1. The Balaban J connectivity index is 2.04. The van der Waals surface area contributed by atoms with Gasteiger partial charge in [0.1, 0.15) is 5.69 Å². The van der Waals surface area contributed by atoms with Gasteiger partial charge in [-0.05, 0) is 5.56 Å². The van der Waals surface area contributed by atoms with Crippen LogP contribution in [0, 0.1) is 0 Å². The second-order valence-corrected chi connectivity index (χ2v) is 4.67. The lowest BCUT2D eigenvalue weighted by atomic mass is 10.1. The van der Waals surface area contributed by atoms with Crippen molar-refractivity contribution in [3.63, 3.8) is 0 Å². The zero-order valence-corrected chi connectivity index (χ0v) is 11.4. The van der Waals surface area contributed by atoms with E-state index in [0.29, 0.717) is 11.3 Å². The van der Waals surface area contributed by atoms with Gasteiger partial charge < -0.3 is 0 Å². The first-order chi connectivity index (χ1) is 10.3. The van der Waals surface area contributed by atoms with Crippen LogP contribution in [0.2, 0.25) is 0 Å². The van der Waals surface area contributed by atoms with Crippen LogP contribution in [0.1, 0.15) is 15.9 Å². The fourth-order valence-corrected chi connectivity index (χ4v) is 2.19. The van der Waals surface area contributed by atoms with Crippen molar-refractivity contribution in [3.8, 4) is 11.3 Å². The van der Waals surface area contributed by atoms with Gasteiger partial charge in [-0.25, -0.2) is 4.68 Å². The van der Waals surface area contributed by atoms with Gasteiger partial charge in [0.2, 0.25) is 0 Å². The first-order valence-corrected chi connectivity index (χ1v) is 6.64. The smallest absolute Gasteiger partial charge is 0.153 e. The molecule has 0 fully saturated rings. The van der Waals surface area contributed by atoms with Crippen molar-refractivity contribution in [2.45, 2.75) is 0 Å². The maximum absolute atomic E-state index is 11.3. The van der Waals surface area contributed by atoms with E-state index >= 15 is 0 Å². The number of aromatic nitrogens is 2. The van der Waals surface area contributed by atoms with E-state index in [1.54, 1.807) is 10.9 Å². The summed E-state index contributed by atoms with van der Waals surface area (Å²) in [4.78, 5) is 11.3. The van der Waals surface area contributed by atoms with Crippen molar-refractivity contribution in [1.82, 2.24) is 9.78 Å². The second-order valence-electron chi connectivity index (χ2n) is 4.67. The summed E-state index contributed by atoms with van der Waals surface area (Å²) in [6.45, 7) is 4.06. The molecule has 0 N–H and O–H groups in total. The van der Waals surface area contributed by atoms with E-state index in [1.807, 2.05) is 60.7 Å². The average molecular weight is 274 g/mol. The lowest BCUT2D eigenvalue weighted by Gasteiger charge is -2.05. The minimum atomic E-state index is 0.554. The van der Waals surface area contributed by atoms with Crippen LogP contribution in [-0.4, -0.2) is 16.1 Å². The van der Waals surface area contributed by atoms with Crippen LogP contribution in [0.25, 0.3) is 17.0 Å². The average Bonchev–Trinajstić information content (AvgIpc) is 3.00. The van der Waals surface area contributed by atoms with Gasteiger partial charge >= 0.3 is 0 Å². The van der Waals surface area contributed by atoms with Gasteiger partial charge in [0.25, 0.3) is 0 Å². The topological polar surface area (TPSA) is 34.9 Å². The lowest BCUT2D eigenvalue weighted by molar-refractivity contribution is 0.112. The van der Waals surface area contributed by atoms with Gasteiger partial charge in [-0.1, -0.05) is 67.2 Å². The molecule has 0 aliphatic heterocycles. The maximum atomic E-state index is 11.3. The molecule has 0 aliphatic rings. The molecule has 0 saturated heterocycles. The molecule has 0 radical (unpaired) electrons. The van der Waals surface area contributed by atoms with Crippen LogP contribution in [0.3, 0.4) is 0 Å². The number of hydrogen-bond acceptors (Lipinski definition) is 2. The molecule has 0 aliphatic carbocycles.